The van der Waals surface area contributed by atoms with Gasteiger partial charge in [0.1, 0.15) is 16.4 Å². The van der Waals surface area contributed by atoms with Gasteiger partial charge in [0, 0.05) is 4.88 Å². The third-order valence-electron chi connectivity index (χ3n) is 3.44. The van der Waals surface area contributed by atoms with Gasteiger partial charge in [0.05, 0.1) is 5.39 Å². The summed E-state index contributed by atoms with van der Waals surface area (Å²) in [7, 11) is 0. The second kappa shape index (κ2) is 4.96. The predicted octanol–water partition coefficient (Wildman–Crippen LogP) is 4.51. The van der Waals surface area contributed by atoms with E-state index in [1.807, 2.05) is 43.3 Å². The molecule has 4 aromatic rings. The highest BCUT2D eigenvalue weighted by atomic mass is 32.1. The fraction of sp³-hybridized carbons (Fsp3) is 0.0588. The second-order valence-corrected chi connectivity index (χ2v) is 6.07. The number of aromatic nitrogens is 2. The van der Waals surface area contributed by atoms with E-state index >= 15 is 0 Å². The summed E-state index contributed by atoms with van der Waals surface area (Å²) < 4.78 is 5.59. The van der Waals surface area contributed by atoms with Gasteiger partial charge in [0.25, 0.3) is 0 Å². The topological polar surface area (TPSA) is 64.9 Å². The van der Waals surface area contributed by atoms with Crippen LogP contribution in [0.25, 0.3) is 32.2 Å². The average Bonchev–Trinajstić information content (AvgIpc) is 3.14. The third-order valence-corrected chi connectivity index (χ3v) is 4.52. The van der Waals surface area contributed by atoms with E-state index in [0.717, 1.165) is 26.4 Å². The first kappa shape index (κ1) is 13.0. The minimum absolute atomic E-state index is 0.479. The normalized spacial score (nSPS) is 11.1. The van der Waals surface area contributed by atoms with Crippen molar-refractivity contribution >= 4 is 27.4 Å². The standard InChI is InChI=1S/C17H13N3OS/c1-10-7-8-13(21-10)16-19-15(18)12-9-14(22-17(12)20-16)11-5-3-2-4-6-11/h2-9H,1H3,(H2,18,19,20). The van der Waals surface area contributed by atoms with Crippen molar-refractivity contribution in [1.29, 1.82) is 0 Å². The zero-order chi connectivity index (χ0) is 15.1. The molecule has 0 aliphatic rings. The number of rotatable bonds is 2. The largest absolute Gasteiger partial charge is 0.458 e. The van der Waals surface area contributed by atoms with E-state index in [1.165, 1.54) is 0 Å². The number of anilines is 1. The molecule has 5 heteroatoms. The number of furan rings is 1. The minimum Gasteiger partial charge on any atom is -0.458 e. The van der Waals surface area contributed by atoms with Gasteiger partial charge < -0.3 is 10.2 Å². The number of hydrogen-bond acceptors (Lipinski definition) is 5. The number of nitrogen functional groups attached to an aromatic ring is 1. The Morgan fingerprint density at radius 2 is 1.86 bits per heavy atom. The molecular formula is C17H13N3OS. The first-order valence-electron chi connectivity index (χ1n) is 6.90. The monoisotopic (exact) mass is 307 g/mol. The van der Waals surface area contributed by atoms with Crippen LogP contribution in [0.15, 0.2) is 52.9 Å². The van der Waals surface area contributed by atoms with Gasteiger partial charge in [0.15, 0.2) is 11.6 Å². The molecule has 4 rings (SSSR count). The lowest BCUT2D eigenvalue weighted by Gasteiger charge is -1.99. The third kappa shape index (κ3) is 2.16. The maximum Gasteiger partial charge on any atom is 0.199 e. The van der Waals surface area contributed by atoms with Crippen molar-refractivity contribution in [2.45, 2.75) is 6.92 Å². The Balaban J connectivity index is 1.88. The van der Waals surface area contributed by atoms with E-state index in [-0.39, 0.29) is 0 Å². The van der Waals surface area contributed by atoms with Crippen LogP contribution in [0.5, 0.6) is 0 Å². The number of benzene rings is 1. The van der Waals surface area contributed by atoms with Crippen LogP contribution in [0, 0.1) is 6.92 Å². The van der Waals surface area contributed by atoms with Crippen molar-refractivity contribution in [1.82, 2.24) is 9.97 Å². The Kier molecular flexibility index (Phi) is 2.94. The number of nitrogens with two attached hydrogens (primary N) is 1. The van der Waals surface area contributed by atoms with Crippen LogP contribution < -0.4 is 5.73 Å². The van der Waals surface area contributed by atoms with E-state index in [2.05, 4.69) is 22.1 Å². The molecule has 0 saturated carbocycles. The highest BCUT2D eigenvalue weighted by Gasteiger charge is 2.13. The number of nitrogens with zero attached hydrogens (tertiary/aromatic N) is 2. The van der Waals surface area contributed by atoms with E-state index in [1.54, 1.807) is 11.3 Å². The van der Waals surface area contributed by atoms with E-state index in [4.69, 9.17) is 10.2 Å². The molecule has 0 radical (unpaired) electrons. The van der Waals surface area contributed by atoms with Crippen LogP contribution in [0.3, 0.4) is 0 Å². The SMILES string of the molecule is Cc1ccc(-c2nc(N)c3cc(-c4ccccc4)sc3n2)o1. The van der Waals surface area contributed by atoms with Crippen LogP contribution in [0.2, 0.25) is 0 Å². The highest BCUT2D eigenvalue weighted by Crippen LogP contribution is 2.35. The predicted molar refractivity (Wildman–Crippen MR) is 89.7 cm³/mol. The maximum atomic E-state index is 6.11. The quantitative estimate of drug-likeness (QED) is 0.592. The molecule has 0 saturated heterocycles. The summed E-state index contributed by atoms with van der Waals surface area (Å²) in [4.78, 5) is 11.0. The molecule has 0 fully saturated rings. The molecule has 0 aliphatic carbocycles. The first-order chi connectivity index (χ1) is 10.7. The van der Waals surface area contributed by atoms with Gasteiger partial charge in [0.2, 0.25) is 0 Å². The summed E-state index contributed by atoms with van der Waals surface area (Å²) >= 11 is 1.61. The molecule has 3 aromatic heterocycles. The average molecular weight is 307 g/mol. The Labute approximate surface area is 131 Å². The molecule has 3 heterocycles. The van der Waals surface area contributed by atoms with Crippen LogP contribution in [0.4, 0.5) is 5.82 Å². The molecule has 2 N–H and O–H groups in total. The zero-order valence-electron chi connectivity index (χ0n) is 11.9. The lowest BCUT2D eigenvalue weighted by Crippen LogP contribution is -1.95. The van der Waals surface area contributed by atoms with E-state index in [9.17, 15) is 0 Å². The second-order valence-electron chi connectivity index (χ2n) is 5.04. The number of hydrogen-bond donors (Lipinski definition) is 1. The summed E-state index contributed by atoms with van der Waals surface area (Å²) in [6.45, 7) is 1.89. The van der Waals surface area contributed by atoms with Crippen molar-refractivity contribution in [3.63, 3.8) is 0 Å². The van der Waals surface area contributed by atoms with Crippen LogP contribution in [-0.2, 0) is 0 Å². The van der Waals surface area contributed by atoms with E-state index < -0.39 is 0 Å². The Morgan fingerprint density at radius 3 is 2.59 bits per heavy atom. The lowest BCUT2D eigenvalue weighted by molar-refractivity contribution is 0.544. The van der Waals surface area contributed by atoms with Gasteiger partial charge in [-0.3, -0.25) is 0 Å². The molecule has 108 valence electrons. The van der Waals surface area contributed by atoms with Gasteiger partial charge in [-0.1, -0.05) is 30.3 Å². The van der Waals surface area contributed by atoms with Crippen LogP contribution in [0.1, 0.15) is 5.76 Å². The molecule has 1 aromatic carbocycles. The van der Waals surface area contributed by atoms with Gasteiger partial charge in [-0.05, 0) is 30.7 Å². The molecule has 22 heavy (non-hydrogen) atoms. The maximum absolute atomic E-state index is 6.11. The smallest absolute Gasteiger partial charge is 0.199 e. The molecule has 4 nitrogen and oxygen atoms in total. The summed E-state index contributed by atoms with van der Waals surface area (Å²) in [5.74, 6) is 2.47. The minimum atomic E-state index is 0.479. The molecule has 0 atom stereocenters. The molecular weight excluding hydrogens is 294 g/mol. The number of thiophene rings is 1. The van der Waals surface area contributed by atoms with Gasteiger partial charge in [-0.2, -0.15) is 0 Å². The van der Waals surface area contributed by atoms with Crippen molar-refractivity contribution < 1.29 is 4.42 Å². The fourth-order valence-corrected chi connectivity index (χ4v) is 3.40. The van der Waals surface area contributed by atoms with E-state index in [0.29, 0.717) is 17.4 Å². The number of aryl methyl sites for hydroxylation is 1. The summed E-state index contributed by atoms with van der Waals surface area (Å²) in [6, 6.07) is 16.0. The Hall–Kier alpha value is -2.66. The Bertz CT molecular complexity index is 957. The molecule has 0 spiro atoms. The first-order valence-corrected chi connectivity index (χ1v) is 7.71. The summed E-state index contributed by atoms with van der Waals surface area (Å²) in [5, 5.41) is 0.885. The number of fused-ring (bicyclic) bond motifs is 1. The molecule has 0 amide bonds. The molecule has 0 bridgehead atoms. The summed E-state index contributed by atoms with van der Waals surface area (Å²) in [5.41, 5.74) is 7.26. The van der Waals surface area contributed by atoms with Crippen molar-refractivity contribution in [3.8, 4) is 22.0 Å². The highest BCUT2D eigenvalue weighted by molar-refractivity contribution is 7.21. The lowest BCUT2D eigenvalue weighted by atomic mass is 10.2. The Morgan fingerprint density at radius 1 is 1.05 bits per heavy atom. The van der Waals surface area contributed by atoms with Crippen molar-refractivity contribution in [2.24, 2.45) is 0 Å². The summed E-state index contributed by atoms with van der Waals surface area (Å²) in [6.07, 6.45) is 0. The fourth-order valence-electron chi connectivity index (χ4n) is 2.35. The molecule has 0 unspecified atom stereocenters. The van der Waals surface area contributed by atoms with Gasteiger partial charge >= 0.3 is 0 Å². The van der Waals surface area contributed by atoms with Gasteiger partial charge in [-0.15, -0.1) is 11.3 Å². The van der Waals surface area contributed by atoms with Crippen LogP contribution in [-0.4, -0.2) is 9.97 Å². The van der Waals surface area contributed by atoms with Crippen molar-refractivity contribution in [2.75, 3.05) is 5.73 Å². The van der Waals surface area contributed by atoms with Crippen molar-refractivity contribution in [3.05, 3.63) is 54.3 Å². The zero-order valence-corrected chi connectivity index (χ0v) is 12.7. The van der Waals surface area contributed by atoms with Crippen LogP contribution >= 0.6 is 11.3 Å². The van der Waals surface area contributed by atoms with Gasteiger partial charge in [-0.25, -0.2) is 9.97 Å². The molecule has 0 aliphatic heterocycles.